The number of thiazole rings is 1. The van der Waals surface area contributed by atoms with E-state index < -0.39 is 0 Å². The number of hydrogen-bond acceptors (Lipinski definition) is 4. The SMILES string of the molecule is COc1ccccc1-c1csc(=Nc2c(C)n(C)n(-c3ccccc3)c2=O)n1C1CCCC(C)C1C. The van der Waals surface area contributed by atoms with Crippen molar-refractivity contribution in [3.63, 3.8) is 0 Å². The first-order chi connectivity index (χ1) is 17.4. The van der Waals surface area contributed by atoms with Gasteiger partial charge in [-0.1, -0.05) is 57.0 Å². The fourth-order valence-corrected chi connectivity index (χ4v) is 6.42. The number of aromatic nitrogens is 3. The highest BCUT2D eigenvalue weighted by atomic mass is 32.1. The van der Waals surface area contributed by atoms with Gasteiger partial charge in [-0.25, -0.2) is 9.67 Å². The largest absolute Gasteiger partial charge is 0.496 e. The summed E-state index contributed by atoms with van der Waals surface area (Å²) in [5.41, 5.74) is 4.20. The topological polar surface area (TPSA) is 53.4 Å². The molecule has 36 heavy (non-hydrogen) atoms. The van der Waals surface area contributed by atoms with Crippen LogP contribution in [0.25, 0.3) is 16.9 Å². The summed E-state index contributed by atoms with van der Waals surface area (Å²) < 4.78 is 11.7. The Morgan fingerprint density at radius 1 is 1.03 bits per heavy atom. The van der Waals surface area contributed by atoms with Crippen molar-refractivity contribution in [2.45, 2.75) is 46.1 Å². The third kappa shape index (κ3) is 4.15. The van der Waals surface area contributed by atoms with E-state index in [1.165, 1.54) is 12.8 Å². The Kier molecular flexibility index (Phi) is 6.75. The van der Waals surface area contributed by atoms with Crippen molar-refractivity contribution in [2.24, 2.45) is 23.9 Å². The lowest BCUT2D eigenvalue weighted by Gasteiger charge is -2.36. The first-order valence-corrected chi connectivity index (χ1v) is 13.5. The summed E-state index contributed by atoms with van der Waals surface area (Å²) in [4.78, 5) is 19.5. The lowest BCUT2D eigenvalue weighted by atomic mass is 9.78. The molecule has 1 fully saturated rings. The summed E-state index contributed by atoms with van der Waals surface area (Å²) in [7, 11) is 3.63. The van der Waals surface area contributed by atoms with Crippen LogP contribution in [0.4, 0.5) is 5.69 Å². The lowest BCUT2D eigenvalue weighted by molar-refractivity contribution is 0.185. The number of hydrogen-bond donors (Lipinski definition) is 0. The fourth-order valence-electron chi connectivity index (χ4n) is 5.47. The molecule has 6 nitrogen and oxygen atoms in total. The van der Waals surface area contributed by atoms with Gasteiger partial charge in [-0.2, -0.15) is 0 Å². The van der Waals surface area contributed by atoms with Crippen LogP contribution in [0.2, 0.25) is 0 Å². The summed E-state index contributed by atoms with van der Waals surface area (Å²) in [5, 5.41) is 2.16. The van der Waals surface area contributed by atoms with Gasteiger partial charge in [0.2, 0.25) is 0 Å². The van der Waals surface area contributed by atoms with E-state index in [-0.39, 0.29) is 5.56 Å². The van der Waals surface area contributed by atoms with Crippen LogP contribution in [0.1, 0.15) is 44.8 Å². The van der Waals surface area contributed by atoms with E-state index in [1.54, 1.807) is 23.1 Å². The molecule has 5 rings (SSSR count). The van der Waals surface area contributed by atoms with E-state index >= 15 is 0 Å². The number of nitrogens with zero attached hydrogens (tertiary/aromatic N) is 4. The Bertz CT molecular complexity index is 1490. The molecular formula is C29H34N4O2S. The molecule has 1 saturated carbocycles. The maximum absolute atomic E-state index is 13.6. The third-order valence-corrected chi connectivity index (χ3v) is 8.69. The van der Waals surface area contributed by atoms with Crippen molar-refractivity contribution < 1.29 is 4.74 Å². The molecular weight excluding hydrogens is 468 g/mol. The van der Waals surface area contributed by atoms with Gasteiger partial charge in [0.25, 0.3) is 5.56 Å². The molecule has 2 aromatic heterocycles. The Balaban J connectivity index is 1.75. The molecule has 3 atom stereocenters. The lowest BCUT2D eigenvalue weighted by Crippen LogP contribution is -2.32. The molecule has 2 aromatic carbocycles. The van der Waals surface area contributed by atoms with Gasteiger partial charge >= 0.3 is 0 Å². The van der Waals surface area contributed by atoms with Gasteiger partial charge in [0, 0.05) is 24.0 Å². The fraction of sp³-hybridized carbons (Fsp3) is 0.379. The minimum absolute atomic E-state index is 0.106. The minimum atomic E-state index is -0.106. The molecule has 3 unspecified atom stereocenters. The Morgan fingerprint density at radius 2 is 1.75 bits per heavy atom. The molecule has 2 heterocycles. The predicted octanol–water partition coefficient (Wildman–Crippen LogP) is 6.25. The molecule has 0 radical (unpaired) electrons. The smallest absolute Gasteiger partial charge is 0.297 e. The van der Waals surface area contributed by atoms with Crippen LogP contribution in [-0.4, -0.2) is 21.0 Å². The van der Waals surface area contributed by atoms with Crippen LogP contribution in [-0.2, 0) is 7.05 Å². The maximum atomic E-state index is 13.6. The third-order valence-electron chi connectivity index (χ3n) is 7.85. The summed E-state index contributed by atoms with van der Waals surface area (Å²) >= 11 is 1.59. The molecule has 0 saturated heterocycles. The van der Waals surface area contributed by atoms with Crippen molar-refractivity contribution in [2.75, 3.05) is 7.11 Å². The van der Waals surface area contributed by atoms with Crippen molar-refractivity contribution in [3.8, 4) is 22.7 Å². The van der Waals surface area contributed by atoms with Gasteiger partial charge in [0.05, 0.1) is 24.2 Å². The Hall–Kier alpha value is -3.32. The van der Waals surface area contributed by atoms with E-state index in [2.05, 4.69) is 29.9 Å². The minimum Gasteiger partial charge on any atom is -0.496 e. The molecule has 7 heteroatoms. The molecule has 1 aliphatic carbocycles. The molecule has 0 amide bonds. The maximum Gasteiger partial charge on any atom is 0.297 e. The average Bonchev–Trinajstić information content (AvgIpc) is 3.40. The van der Waals surface area contributed by atoms with E-state index in [1.807, 2.05) is 67.2 Å². The summed E-state index contributed by atoms with van der Waals surface area (Å²) in [6, 6.07) is 18.2. The van der Waals surface area contributed by atoms with Gasteiger partial charge in [-0.15, -0.1) is 11.3 Å². The number of benzene rings is 2. The molecule has 4 aromatic rings. The standard InChI is InChI=1S/C29H34N4O2S/c1-19-12-11-16-24(20(19)2)32-25(23-15-9-10-17-26(23)35-5)18-36-29(32)30-27-21(3)31(4)33(28(27)34)22-13-7-6-8-14-22/h6-10,13-15,17-20,24H,11-12,16H2,1-5H3. The quantitative estimate of drug-likeness (QED) is 0.324. The first-order valence-electron chi connectivity index (χ1n) is 12.6. The van der Waals surface area contributed by atoms with Crippen molar-refractivity contribution in [1.82, 2.24) is 13.9 Å². The highest BCUT2D eigenvalue weighted by molar-refractivity contribution is 7.07. The zero-order chi connectivity index (χ0) is 25.4. The molecule has 188 valence electrons. The average molecular weight is 503 g/mol. The van der Waals surface area contributed by atoms with Crippen LogP contribution in [0.15, 0.2) is 69.8 Å². The predicted molar refractivity (Wildman–Crippen MR) is 146 cm³/mol. The summed E-state index contributed by atoms with van der Waals surface area (Å²) in [5.74, 6) is 1.97. The van der Waals surface area contributed by atoms with Gasteiger partial charge in [0.1, 0.15) is 5.75 Å². The van der Waals surface area contributed by atoms with Crippen LogP contribution >= 0.6 is 11.3 Å². The van der Waals surface area contributed by atoms with Crippen molar-refractivity contribution in [3.05, 3.63) is 80.8 Å². The van der Waals surface area contributed by atoms with E-state index in [0.717, 1.165) is 39.6 Å². The molecule has 0 aliphatic heterocycles. The van der Waals surface area contributed by atoms with Crippen LogP contribution in [0, 0.1) is 18.8 Å². The second kappa shape index (κ2) is 9.97. The highest BCUT2D eigenvalue weighted by Crippen LogP contribution is 2.41. The number of para-hydroxylation sites is 2. The highest BCUT2D eigenvalue weighted by Gasteiger charge is 2.31. The van der Waals surface area contributed by atoms with E-state index in [9.17, 15) is 4.79 Å². The van der Waals surface area contributed by atoms with Crippen LogP contribution in [0.5, 0.6) is 5.75 Å². The second-order valence-corrected chi connectivity index (χ2v) is 10.7. The summed E-state index contributed by atoms with van der Waals surface area (Å²) in [6.45, 7) is 6.67. The number of rotatable bonds is 5. The molecule has 1 aliphatic rings. The summed E-state index contributed by atoms with van der Waals surface area (Å²) in [6.07, 6.45) is 3.53. The molecule has 0 spiro atoms. The zero-order valence-corrected chi connectivity index (χ0v) is 22.5. The monoisotopic (exact) mass is 502 g/mol. The van der Waals surface area contributed by atoms with Gasteiger partial charge in [-0.3, -0.25) is 9.48 Å². The van der Waals surface area contributed by atoms with Gasteiger partial charge in [0.15, 0.2) is 10.5 Å². The van der Waals surface area contributed by atoms with Gasteiger partial charge < -0.3 is 9.30 Å². The molecule has 0 N–H and O–H groups in total. The van der Waals surface area contributed by atoms with Crippen molar-refractivity contribution in [1.29, 1.82) is 0 Å². The van der Waals surface area contributed by atoms with Crippen LogP contribution < -0.4 is 15.1 Å². The second-order valence-electron chi connectivity index (χ2n) is 9.83. The normalized spacial score (nSPS) is 20.6. The van der Waals surface area contributed by atoms with Gasteiger partial charge in [-0.05, 0) is 49.4 Å². The van der Waals surface area contributed by atoms with E-state index in [0.29, 0.717) is 23.6 Å². The van der Waals surface area contributed by atoms with E-state index in [4.69, 9.17) is 9.73 Å². The number of ether oxygens (including phenoxy) is 1. The zero-order valence-electron chi connectivity index (χ0n) is 21.6. The number of methoxy groups -OCH3 is 1. The first kappa shape index (κ1) is 24.4. The van der Waals surface area contributed by atoms with Crippen molar-refractivity contribution >= 4 is 17.0 Å². The Labute approximate surface area is 216 Å². The Morgan fingerprint density at radius 3 is 2.50 bits per heavy atom. The molecule has 0 bridgehead atoms. The van der Waals surface area contributed by atoms with Crippen LogP contribution in [0.3, 0.4) is 0 Å².